The van der Waals surface area contributed by atoms with Gasteiger partial charge in [-0.1, -0.05) is 26.3 Å². The number of nitrogens with zero attached hydrogens (tertiary/aromatic N) is 2. The second-order valence-electron chi connectivity index (χ2n) is 7.43. The second-order valence-corrected chi connectivity index (χ2v) is 7.43. The zero-order valence-corrected chi connectivity index (χ0v) is 16.1. The minimum absolute atomic E-state index is 0.119. The third-order valence-electron chi connectivity index (χ3n) is 4.97. The number of amides is 1. The van der Waals surface area contributed by atoms with Gasteiger partial charge >= 0.3 is 6.09 Å². The molecule has 0 spiro atoms. The molecule has 1 rings (SSSR count). The molecule has 0 saturated carbocycles. The average molecular weight is 339 g/mol. The summed E-state index contributed by atoms with van der Waals surface area (Å²) in [6.45, 7) is 12.8. The molecule has 0 radical (unpaired) electrons. The van der Waals surface area contributed by atoms with Crippen LogP contribution in [-0.4, -0.2) is 55.7 Å². The van der Waals surface area contributed by atoms with E-state index in [-0.39, 0.29) is 6.09 Å². The highest BCUT2D eigenvalue weighted by atomic mass is 16.6. The standard InChI is InChI=1S/C20H38N2O2/c1-5-7-16-24-20(23)22-14-11-19(12-15-22)17-21(4)13-8-10-18(3)9-6-2/h6,18-19H,2,5,7-17H2,1,3-4H3. The molecule has 1 unspecified atom stereocenters. The van der Waals surface area contributed by atoms with Crippen molar-refractivity contribution < 1.29 is 9.53 Å². The number of hydrogen-bond acceptors (Lipinski definition) is 3. The molecule has 1 aliphatic rings. The van der Waals surface area contributed by atoms with Gasteiger partial charge in [0.2, 0.25) is 0 Å². The van der Waals surface area contributed by atoms with Crippen LogP contribution >= 0.6 is 0 Å². The first-order chi connectivity index (χ1) is 11.6. The van der Waals surface area contributed by atoms with Crippen molar-refractivity contribution in [1.29, 1.82) is 0 Å². The predicted molar refractivity (Wildman–Crippen MR) is 101 cm³/mol. The lowest BCUT2D eigenvalue weighted by Gasteiger charge is -2.33. The fourth-order valence-corrected chi connectivity index (χ4v) is 3.34. The van der Waals surface area contributed by atoms with Gasteiger partial charge in [-0.05, 0) is 64.0 Å². The lowest BCUT2D eigenvalue weighted by atomic mass is 9.96. The highest BCUT2D eigenvalue weighted by Crippen LogP contribution is 2.19. The van der Waals surface area contributed by atoms with Crippen LogP contribution in [0.15, 0.2) is 12.7 Å². The predicted octanol–water partition coefficient (Wildman–Crippen LogP) is 4.56. The van der Waals surface area contributed by atoms with Gasteiger partial charge < -0.3 is 14.5 Å². The molecule has 0 bridgehead atoms. The smallest absolute Gasteiger partial charge is 0.409 e. The Morgan fingerprint density at radius 1 is 1.38 bits per heavy atom. The monoisotopic (exact) mass is 338 g/mol. The highest BCUT2D eigenvalue weighted by molar-refractivity contribution is 5.67. The summed E-state index contributed by atoms with van der Waals surface area (Å²) >= 11 is 0. The molecule has 140 valence electrons. The van der Waals surface area contributed by atoms with E-state index in [0.29, 0.717) is 12.5 Å². The molecular formula is C20H38N2O2. The van der Waals surface area contributed by atoms with Gasteiger partial charge in [-0.25, -0.2) is 4.79 Å². The van der Waals surface area contributed by atoms with E-state index in [0.717, 1.165) is 57.7 Å². The Bertz CT molecular complexity index is 352. The number of unbranched alkanes of at least 4 members (excludes halogenated alkanes) is 1. The Morgan fingerprint density at radius 3 is 2.71 bits per heavy atom. The second kappa shape index (κ2) is 12.3. The first-order valence-electron chi connectivity index (χ1n) is 9.77. The van der Waals surface area contributed by atoms with Gasteiger partial charge in [-0.2, -0.15) is 0 Å². The number of carbonyl (C=O) groups is 1. The van der Waals surface area contributed by atoms with Crippen LogP contribution in [0.5, 0.6) is 0 Å². The molecule has 1 heterocycles. The van der Waals surface area contributed by atoms with Gasteiger partial charge in [-0.3, -0.25) is 0 Å². The summed E-state index contributed by atoms with van der Waals surface area (Å²) in [5.74, 6) is 1.46. The number of rotatable bonds is 11. The quantitative estimate of drug-likeness (QED) is 0.409. The summed E-state index contributed by atoms with van der Waals surface area (Å²) in [6, 6.07) is 0. The molecule has 4 heteroatoms. The Morgan fingerprint density at radius 2 is 2.08 bits per heavy atom. The van der Waals surface area contributed by atoms with Crippen LogP contribution in [-0.2, 0) is 4.74 Å². The fraction of sp³-hybridized carbons (Fsp3) is 0.850. The van der Waals surface area contributed by atoms with Crippen molar-refractivity contribution in [2.45, 2.75) is 58.8 Å². The number of piperidine rings is 1. The zero-order valence-electron chi connectivity index (χ0n) is 16.1. The van der Waals surface area contributed by atoms with Crippen LogP contribution in [0.4, 0.5) is 4.79 Å². The van der Waals surface area contributed by atoms with E-state index in [4.69, 9.17) is 4.74 Å². The molecule has 1 amide bonds. The van der Waals surface area contributed by atoms with E-state index in [2.05, 4.69) is 32.4 Å². The van der Waals surface area contributed by atoms with Crippen molar-refractivity contribution in [1.82, 2.24) is 9.80 Å². The third kappa shape index (κ3) is 8.72. The summed E-state index contributed by atoms with van der Waals surface area (Å²) in [6.07, 6.45) is 9.77. The molecule has 4 nitrogen and oxygen atoms in total. The van der Waals surface area contributed by atoms with Crippen LogP contribution < -0.4 is 0 Å². The maximum atomic E-state index is 11.9. The van der Waals surface area contributed by atoms with Crippen LogP contribution in [0.25, 0.3) is 0 Å². The Balaban J connectivity index is 2.14. The van der Waals surface area contributed by atoms with Crippen molar-refractivity contribution >= 4 is 6.09 Å². The van der Waals surface area contributed by atoms with Gasteiger partial charge in [0.05, 0.1) is 6.61 Å². The number of carbonyl (C=O) groups excluding carboxylic acids is 1. The number of hydrogen-bond donors (Lipinski definition) is 0. The molecular weight excluding hydrogens is 300 g/mol. The third-order valence-corrected chi connectivity index (χ3v) is 4.97. The van der Waals surface area contributed by atoms with Crippen LogP contribution in [0.1, 0.15) is 58.8 Å². The van der Waals surface area contributed by atoms with E-state index in [1.807, 2.05) is 11.0 Å². The van der Waals surface area contributed by atoms with Crippen molar-refractivity contribution in [2.24, 2.45) is 11.8 Å². The molecule has 0 aromatic rings. The summed E-state index contributed by atoms with van der Waals surface area (Å²) in [7, 11) is 2.23. The SMILES string of the molecule is C=CCC(C)CCCN(C)CC1CCN(C(=O)OCCCC)CC1. The summed E-state index contributed by atoms with van der Waals surface area (Å²) < 4.78 is 5.30. The summed E-state index contributed by atoms with van der Waals surface area (Å²) in [5, 5.41) is 0. The lowest BCUT2D eigenvalue weighted by molar-refractivity contribution is 0.0826. The molecule has 0 N–H and O–H groups in total. The molecule has 1 saturated heterocycles. The molecule has 0 aliphatic carbocycles. The summed E-state index contributed by atoms with van der Waals surface area (Å²) in [5.41, 5.74) is 0. The molecule has 24 heavy (non-hydrogen) atoms. The van der Waals surface area contributed by atoms with E-state index < -0.39 is 0 Å². The van der Waals surface area contributed by atoms with Crippen molar-refractivity contribution in [3.05, 3.63) is 12.7 Å². The Kier molecular flexibility index (Phi) is 10.8. The number of allylic oxidation sites excluding steroid dienone is 1. The molecule has 1 fully saturated rings. The van der Waals surface area contributed by atoms with Crippen LogP contribution in [0.3, 0.4) is 0 Å². The van der Waals surface area contributed by atoms with Crippen LogP contribution in [0.2, 0.25) is 0 Å². The number of ether oxygens (including phenoxy) is 1. The topological polar surface area (TPSA) is 32.8 Å². The Hall–Kier alpha value is -1.03. The van der Waals surface area contributed by atoms with E-state index >= 15 is 0 Å². The fourth-order valence-electron chi connectivity index (χ4n) is 3.34. The Labute approximate surface area is 149 Å². The maximum absolute atomic E-state index is 11.9. The average Bonchev–Trinajstić information content (AvgIpc) is 2.56. The van der Waals surface area contributed by atoms with Crippen LogP contribution in [0, 0.1) is 11.8 Å². The molecule has 0 aromatic carbocycles. The van der Waals surface area contributed by atoms with E-state index in [1.54, 1.807) is 0 Å². The molecule has 1 aliphatic heterocycles. The molecule has 1 atom stereocenters. The minimum atomic E-state index is -0.119. The summed E-state index contributed by atoms with van der Waals surface area (Å²) in [4.78, 5) is 16.3. The zero-order chi connectivity index (χ0) is 17.8. The van der Waals surface area contributed by atoms with E-state index in [1.165, 1.54) is 19.4 Å². The van der Waals surface area contributed by atoms with Crippen molar-refractivity contribution in [2.75, 3.05) is 39.8 Å². The normalized spacial score (nSPS) is 17.1. The highest BCUT2D eigenvalue weighted by Gasteiger charge is 2.24. The van der Waals surface area contributed by atoms with Gasteiger partial charge in [0, 0.05) is 19.6 Å². The minimum Gasteiger partial charge on any atom is -0.449 e. The van der Waals surface area contributed by atoms with Gasteiger partial charge in [0.25, 0.3) is 0 Å². The lowest BCUT2D eigenvalue weighted by Crippen LogP contribution is -2.41. The first-order valence-corrected chi connectivity index (χ1v) is 9.77. The number of likely N-dealkylation sites (tertiary alicyclic amines) is 1. The maximum Gasteiger partial charge on any atom is 0.409 e. The van der Waals surface area contributed by atoms with Crippen molar-refractivity contribution in [3.63, 3.8) is 0 Å². The van der Waals surface area contributed by atoms with Crippen molar-refractivity contribution in [3.8, 4) is 0 Å². The first kappa shape index (κ1) is 21.0. The van der Waals surface area contributed by atoms with Gasteiger partial charge in [-0.15, -0.1) is 6.58 Å². The molecule has 0 aromatic heterocycles. The van der Waals surface area contributed by atoms with E-state index in [9.17, 15) is 4.79 Å². The van der Waals surface area contributed by atoms with Gasteiger partial charge in [0.15, 0.2) is 0 Å². The largest absolute Gasteiger partial charge is 0.449 e. The van der Waals surface area contributed by atoms with Gasteiger partial charge in [0.1, 0.15) is 0 Å².